The zero-order chi connectivity index (χ0) is 8.69. The Bertz CT molecular complexity index is 117. The van der Waals surface area contributed by atoms with E-state index in [1.54, 1.807) is 0 Å². The van der Waals surface area contributed by atoms with Gasteiger partial charge in [-0.25, -0.2) is 0 Å². The third kappa shape index (κ3) is 5.47. The van der Waals surface area contributed by atoms with Gasteiger partial charge in [0, 0.05) is 19.6 Å². The lowest BCUT2D eigenvalue weighted by atomic mass is 10.4. The lowest BCUT2D eigenvalue weighted by molar-refractivity contribution is 0.429. The Morgan fingerprint density at radius 3 is 2.55 bits per heavy atom. The first kappa shape index (κ1) is 11.2. The van der Waals surface area contributed by atoms with Crippen molar-refractivity contribution in [1.29, 1.82) is 0 Å². The van der Waals surface area contributed by atoms with E-state index in [9.17, 15) is 0 Å². The van der Waals surface area contributed by atoms with E-state index in [0.29, 0.717) is 4.32 Å². The first-order valence-electron chi connectivity index (χ1n) is 3.84. The monoisotopic (exact) mass is 192 g/mol. The molecule has 0 aliphatic rings. The molecule has 4 heteroatoms. The Balaban J connectivity index is 3.60. The van der Waals surface area contributed by atoms with Crippen LogP contribution < -0.4 is 5.32 Å². The molecule has 66 valence electrons. The molecule has 0 amide bonds. The second-order valence-electron chi connectivity index (χ2n) is 2.37. The number of rotatable bonds is 5. The fraction of sp³-hybridized carbons (Fsp3) is 0.857. The number of likely N-dealkylation sites (N-methyl/N-ethyl adjacent to an activating group) is 1. The molecule has 0 radical (unpaired) electrons. The second kappa shape index (κ2) is 6.88. The summed E-state index contributed by atoms with van der Waals surface area (Å²) in [7, 11) is 1.94. The average molecular weight is 192 g/mol. The molecule has 0 saturated heterocycles. The summed E-state index contributed by atoms with van der Waals surface area (Å²) in [6.45, 7) is 5.05. The van der Waals surface area contributed by atoms with Gasteiger partial charge in [-0.2, -0.15) is 0 Å². The summed E-state index contributed by atoms with van der Waals surface area (Å²) in [6.07, 6.45) is 1.12. The van der Waals surface area contributed by atoms with Gasteiger partial charge in [-0.15, -0.1) is 12.6 Å². The average Bonchev–Trinajstić information content (AvgIpc) is 1.97. The van der Waals surface area contributed by atoms with Gasteiger partial charge >= 0.3 is 0 Å². The molecule has 0 atom stereocenters. The van der Waals surface area contributed by atoms with E-state index >= 15 is 0 Å². The molecule has 0 saturated carbocycles. The molecule has 0 bridgehead atoms. The van der Waals surface area contributed by atoms with Gasteiger partial charge in [0.15, 0.2) is 0 Å². The Morgan fingerprint density at radius 1 is 1.55 bits per heavy atom. The van der Waals surface area contributed by atoms with Gasteiger partial charge in [0.25, 0.3) is 0 Å². The largest absolute Gasteiger partial charge is 0.356 e. The Labute approximate surface area is 79.8 Å². The molecular weight excluding hydrogens is 176 g/mol. The molecule has 0 spiro atoms. The van der Waals surface area contributed by atoms with E-state index in [-0.39, 0.29) is 0 Å². The van der Waals surface area contributed by atoms with E-state index < -0.39 is 0 Å². The van der Waals surface area contributed by atoms with Gasteiger partial charge < -0.3 is 10.2 Å². The minimum Gasteiger partial charge on any atom is -0.356 e. The molecule has 0 aromatic rings. The summed E-state index contributed by atoms with van der Waals surface area (Å²) in [6, 6.07) is 0. The predicted octanol–water partition coefficient (Wildman–Crippen LogP) is 1.13. The van der Waals surface area contributed by atoms with Crippen molar-refractivity contribution in [2.24, 2.45) is 0 Å². The van der Waals surface area contributed by atoms with Crippen LogP contribution in [-0.4, -0.2) is 35.9 Å². The Morgan fingerprint density at radius 2 is 2.18 bits per heavy atom. The molecule has 0 fully saturated rings. The van der Waals surface area contributed by atoms with Crippen LogP contribution in [-0.2, 0) is 0 Å². The molecule has 0 unspecified atom stereocenters. The minimum atomic E-state index is 0.696. The van der Waals surface area contributed by atoms with Crippen molar-refractivity contribution >= 4 is 29.2 Å². The molecule has 0 aromatic carbocycles. The first-order chi connectivity index (χ1) is 5.22. The summed E-state index contributed by atoms with van der Waals surface area (Å²) in [5.74, 6) is 0. The third-order valence-electron chi connectivity index (χ3n) is 1.40. The zero-order valence-electron chi connectivity index (χ0n) is 7.13. The molecule has 2 nitrogen and oxygen atoms in total. The van der Waals surface area contributed by atoms with E-state index in [0.717, 1.165) is 26.1 Å². The van der Waals surface area contributed by atoms with Gasteiger partial charge in [0.2, 0.25) is 0 Å². The number of hydrogen-bond donors (Lipinski definition) is 2. The first-order valence-corrected chi connectivity index (χ1v) is 4.70. The number of thiocarbonyl (C=S) groups is 1. The lowest BCUT2D eigenvalue weighted by Crippen LogP contribution is -2.33. The quantitative estimate of drug-likeness (QED) is 0.502. The number of nitrogens with one attached hydrogen (secondary N) is 1. The highest BCUT2D eigenvalue weighted by Crippen LogP contribution is 1.96. The number of thiol groups is 1. The van der Waals surface area contributed by atoms with Gasteiger partial charge in [-0.1, -0.05) is 19.1 Å². The van der Waals surface area contributed by atoms with Crippen LogP contribution in [0.25, 0.3) is 0 Å². The Kier molecular flexibility index (Phi) is 7.01. The maximum atomic E-state index is 4.96. The van der Waals surface area contributed by atoms with Gasteiger partial charge in [0.05, 0.1) is 0 Å². The normalized spacial score (nSPS) is 9.73. The summed E-state index contributed by atoms with van der Waals surface area (Å²) >= 11 is 9.09. The van der Waals surface area contributed by atoms with Crippen LogP contribution in [0.4, 0.5) is 0 Å². The van der Waals surface area contributed by atoms with Gasteiger partial charge in [-0.3, -0.25) is 0 Å². The van der Waals surface area contributed by atoms with Crippen LogP contribution in [0.5, 0.6) is 0 Å². The topological polar surface area (TPSA) is 15.3 Å². The summed E-state index contributed by atoms with van der Waals surface area (Å²) < 4.78 is 0.696. The molecule has 0 aromatic heterocycles. The molecule has 1 N–H and O–H groups in total. The second-order valence-corrected chi connectivity index (χ2v) is 3.49. The van der Waals surface area contributed by atoms with Gasteiger partial charge in [0.1, 0.15) is 4.32 Å². The summed E-state index contributed by atoms with van der Waals surface area (Å²) in [4.78, 5) is 2.09. The predicted molar refractivity (Wildman–Crippen MR) is 57.4 cm³/mol. The maximum Gasteiger partial charge on any atom is 0.133 e. The third-order valence-corrected chi connectivity index (χ3v) is 1.94. The van der Waals surface area contributed by atoms with E-state index in [1.165, 1.54) is 0 Å². The van der Waals surface area contributed by atoms with Crippen LogP contribution in [0, 0.1) is 0 Å². The summed E-state index contributed by atoms with van der Waals surface area (Å²) in [5.41, 5.74) is 0. The lowest BCUT2D eigenvalue weighted by Gasteiger charge is -2.21. The summed E-state index contributed by atoms with van der Waals surface area (Å²) in [5, 5.41) is 3.08. The van der Waals surface area contributed by atoms with E-state index in [1.807, 2.05) is 7.05 Å². The fourth-order valence-electron chi connectivity index (χ4n) is 0.820. The highest BCUT2D eigenvalue weighted by atomic mass is 32.1. The van der Waals surface area contributed by atoms with Crippen molar-refractivity contribution in [3.8, 4) is 0 Å². The van der Waals surface area contributed by atoms with Crippen molar-refractivity contribution in [3.63, 3.8) is 0 Å². The standard InChI is InChI=1S/C7H16N2S2/c1-3-5-9(7(10)11)6-4-8-2/h8H,3-6H2,1-2H3,(H,10,11). The molecular formula is C7H16N2S2. The SMILES string of the molecule is CCCN(CCNC)C(=S)S. The molecule has 0 rings (SSSR count). The van der Waals surface area contributed by atoms with Crippen molar-refractivity contribution in [1.82, 2.24) is 10.2 Å². The molecule has 0 heterocycles. The minimum absolute atomic E-state index is 0.696. The van der Waals surface area contributed by atoms with E-state index in [4.69, 9.17) is 12.2 Å². The van der Waals surface area contributed by atoms with Crippen molar-refractivity contribution in [2.45, 2.75) is 13.3 Å². The van der Waals surface area contributed by atoms with Crippen LogP contribution in [0.3, 0.4) is 0 Å². The smallest absolute Gasteiger partial charge is 0.133 e. The van der Waals surface area contributed by atoms with Gasteiger partial charge in [-0.05, 0) is 13.5 Å². The number of hydrogen-bond acceptors (Lipinski definition) is 2. The van der Waals surface area contributed by atoms with Crippen molar-refractivity contribution < 1.29 is 0 Å². The molecule has 0 aliphatic carbocycles. The van der Waals surface area contributed by atoms with Crippen molar-refractivity contribution in [3.05, 3.63) is 0 Å². The maximum absolute atomic E-state index is 4.96. The molecule has 0 aliphatic heterocycles. The van der Waals surface area contributed by atoms with Crippen molar-refractivity contribution in [2.75, 3.05) is 26.7 Å². The number of nitrogens with zero attached hydrogens (tertiary/aromatic N) is 1. The fourth-order valence-corrected chi connectivity index (χ4v) is 1.20. The highest BCUT2D eigenvalue weighted by molar-refractivity contribution is 8.10. The van der Waals surface area contributed by atoms with Crippen LogP contribution in [0.1, 0.15) is 13.3 Å². The molecule has 11 heavy (non-hydrogen) atoms. The van der Waals surface area contributed by atoms with Crippen LogP contribution in [0.2, 0.25) is 0 Å². The highest BCUT2D eigenvalue weighted by Gasteiger charge is 2.02. The van der Waals surface area contributed by atoms with Crippen LogP contribution >= 0.6 is 24.8 Å². The Hall–Kier alpha value is 0.200. The van der Waals surface area contributed by atoms with E-state index in [2.05, 4.69) is 29.8 Å². The van der Waals surface area contributed by atoms with Crippen LogP contribution in [0.15, 0.2) is 0 Å². The zero-order valence-corrected chi connectivity index (χ0v) is 8.84.